The lowest BCUT2D eigenvalue weighted by atomic mass is 10.2. The second-order valence-electron chi connectivity index (χ2n) is 5.91. The van der Waals surface area contributed by atoms with Crippen molar-refractivity contribution in [2.45, 2.75) is 52.1 Å². The summed E-state index contributed by atoms with van der Waals surface area (Å²) in [5, 5.41) is 18.3. The summed E-state index contributed by atoms with van der Waals surface area (Å²) in [4.78, 5) is 34.9. The van der Waals surface area contributed by atoms with E-state index in [1.165, 1.54) is 7.05 Å². The lowest BCUT2D eigenvalue weighted by Gasteiger charge is -2.24. The summed E-state index contributed by atoms with van der Waals surface area (Å²) in [6, 6.07) is 0. The Hall–Kier alpha value is -2.50. The summed E-state index contributed by atoms with van der Waals surface area (Å²) in [6.07, 6.45) is 1.38. The van der Waals surface area contributed by atoms with Crippen LogP contribution in [0.5, 0.6) is 0 Å². The highest BCUT2D eigenvalue weighted by molar-refractivity contribution is 5.77. The Morgan fingerprint density at radius 3 is 2.30 bits per heavy atom. The molecule has 9 nitrogen and oxygen atoms in total. The molecule has 0 bridgehead atoms. The number of carboxylic acid groups (broad SMARTS) is 1. The van der Waals surface area contributed by atoms with Crippen LogP contribution in [0.2, 0.25) is 0 Å². The van der Waals surface area contributed by atoms with Gasteiger partial charge in [0.25, 0.3) is 0 Å². The third-order valence-electron chi connectivity index (χ3n) is 2.65. The van der Waals surface area contributed by atoms with Crippen molar-refractivity contribution < 1.29 is 24.2 Å². The minimum Gasteiger partial charge on any atom is -0.464 e. The van der Waals surface area contributed by atoms with E-state index in [0.29, 0.717) is 19.3 Å². The second-order valence-corrected chi connectivity index (χ2v) is 5.91. The van der Waals surface area contributed by atoms with E-state index in [1.807, 2.05) is 0 Å². The van der Waals surface area contributed by atoms with Crippen LogP contribution in [-0.2, 0) is 9.53 Å². The first-order valence-electron chi connectivity index (χ1n) is 7.23. The van der Waals surface area contributed by atoms with Gasteiger partial charge in [-0.3, -0.25) is 9.69 Å². The molecule has 0 fully saturated rings. The number of rotatable bonds is 6. The molecule has 0 saturated heterocycles. The first kappa shape index (κ1) is 20.5. The molecule has 0 aromatic heterocycles. The Bertz CT molecular complexity index is 467. The maximum absolute atomic E-state index is 11.5. The Labute approximate surface area is 135 Å². The van der Waals surface area contributed by atoms with Gasteiger partial charge in [0.2, 0.25) is 5.91 Å². The van der Waals surface area contributed by atoms with Crippen LogP contribution in [0.25, 0.3) is 0 Å². The van der Waals surface area contributed by atoms with Gasteiger partial charge in [-0.05, 0) is 33.6 Å². The number of nitrogens with one attached hydrogen (secondary N) is 1. The van der Waals surface area contributed by atoms with Gasteiger partial charge in [0, 0.05) is 20.0 Å². The SMILES string of the molecule is CN(C#N)C(=O)CCCCCN(NC(=O)OC(C)(C)C)C(=O)O. The van der Waals surface area contributed by atoms with Crippen LogP contribution in [0.15, 0.2) is 0 Å². The van der Waals surface area contributed by atoms with E-state index in [1.54, 1.807) is 27.0 Å². The van der Waals surface area contributed by atoms with E-state index in [2.05, 4.69) is 5.43 Å². The molecule has 9 heteroatoms. The number of hydrogen-bond donors (Lipinski definition) is 2. The van der Waals surface area contributed by atoms with Crippen molar-refractivity contribution >= 4 is 18.1 Å². The predicted molar refractivity (Wildman–Crippen MR) is 81.0 cm³/mol. The zero-order chi connectivity index (χ0) is 18.0. The fraction of sp³-hybridized carbons (Fsp3) is 0.714. The average Bonchev–Trinajstić information content (AvgIpc) is 2.42. The fourth-order valence-corrected chi connectivity index (χ4v) is 1.56. The largest absolute Gasteiger partial charge is 0.464 e. The maximum Gasteiger partial charge on any atom is 0.426 e. The van der Waals surface area contributed by atoms with Crippen molar-refractivity contribution in [2.24, 2.45) is 0 Å². The highest BCUT2D eigenvalue weighted by Gasteiger charge is 2.20. The molecule has 0 aromatic carbocycles. The summed E-state index contributed by atoms with van der Waals surface area (Å²) < 4.78 is 4.98. The van der Waals surface area contributed by atoms with Gasteiger partial charge in [0.15, 0.2) is 6.19 Å². The number of hydrazine groups is 1. The summed E-state index contributed by atoms with van der Waals surface area (Å²) in [5.41, 5.74) is 1.43. The van der Waals surface area contributed by atoms with Gasteiger partial charge in [0.05, 0.1) is 0 Å². The minimum atomic E-state index is -1.30. The number of nitriles is 1. The Morgan fingerprint density at radius 1 is 1.22 bits per heavy atom. The van der Waals surface area contributed by atoms with Gasteiger partial charge >= 0.3 is 12.2 Å². The zero-order valence-corrected chi connectivity index (χ0v) is 14.0. The van der Waals surface area contributed by atoms with Crippen molar-refractivity contribution in [3.63, 3.8) is 0 Å². The third kappa shape index (κ3) is 9.95. The van der Waals surface area contributed by atoms with Crippen molar-refractivity contribution in [2.75, 3.05) is 13.6 Å². The number of nitrogens with zero attached hydrogens (tertiary/aromatic N) is 3. The first-order valence-corrected chi connectivity index (χ1v) is 7.23. The van der Waals surface area contributed by atoms with E-state index in [0.717, 1.165) is 9.91 Å². The molecule has 0 aliphatic heterocycles. The fourth-order valence-electron chi connectivity index (χ4n) is 1.56. The van der Waals surface area contributed by atoms with Crippen LogP contribution in [0, 0.1) is 11.5 Å². The molecule has 0 atom stereocenters. The number of ether oxygens (including phenoxy) is 1. The number of carbonyl (C=O) groups is 3. The molecule has 0 saturated carbocycles. The van der Waals surface area contributed by atoms with Crippen LogP contribution in [0.3, 0.4) is 0 Å². The molecule has 2 N–H and O–H groups in total. The molecule has 0 rings (SSSR count). The second kappa shape index (κ2) is 9.50. The highest BCUT2D eigenvalue weighted by atomic mass is 16.6. The zero-order valence-electron chi connectivity index (χ0n) is 14.0. The molecular weight excluding hydrogens is 304 g/mol. The van der Waals surface area contributed by atoms with Crippen LogP contribution in [-0.4, -0.2) is 52.3 Å². The molecule has 0 heterocycles. The van der Waals surface area contributed by atoms with E-state index < -0.39 is 17.8 Å². The quantitative estimate of drug-likeness (QED) is 0.332. The molecular formula is C14H24N4O5. The van der Waals surface area contributed by atoms with Gasteiger partial charge in [-0.1, -0.05) is 6.42 Å². The predicted octanol–water partition coefficient (Wildman–Crippen LogP) is 1.91. The minimum absolute atomic E-state index is 0.0802. The summed E-state index contributed by atoms with van der Waals surface area (Å²) in [5.74, 6) is -0.283. The van der Waals surface area contributed by atoms with Gasteiger partial charge in [-0.15, -0.1) is 0 Å². The van der Waals surface area contributed by atoms with Crippen molar-refractivity contribution in [3.05, 3.63) is 0 Å². The molecule has 0 aliphatic carbocycles. The lowest BCUT2D eigenvalue weighted by molar-refractivity contribution is -0.127. The Balaban J connectivity index is 4.12. The van der Waals surface area contributed by atoms with Gasteiger partial charge in [0.1, 0.15) is 5.60 Å². The van der Waals surface area contributed by atoms with Crippen LogP contribution in [0.4, 0.5) is 9.59 Å². The van der Waals surface area contributed by atoms with Gasteiger partial charge in [-0.2, -0.15) is 5.26 Å². The highest BCUT2D eigenvalue weighted by Crippen LogP contribution is 2.07. The van der Waals surface area contributed by atoms with E-state index in [9.17, 15) is 14.4 Å². The summed E-state index contributed by atoms with van der Waals surface area (Å²) >= 11 is 0. The Kier molecular flexibility index (Phi) is 8.47. The van der Waals surface area contributed by atoms with E-state index in [-0.39, 0.29) is 18.9 Å². The number of amides is 3. The van der Waals surface area contributed by atoms with Gasteiger partial charge in [-0.25, -0.2) is 20.0 Å². The number of hydrogen-bond acceptors (Lipinski definition) is 5. The van der Waals surface area contributed by atoms with E-state index in [4.69, 9.17) is 15.1 Å². The smallest absolute Gasteiger partial charge is 0.426 e. The Morgan fingerprint density at radius 2 is 1.83 bits per heavy atom. The molecule has 0 spiro atoms. The average molecular weight is 328 g/mol. The molecule has 3 amide bonds. The first-order chi connectivity index (χ1) is 10.6. The monoisotopic (exact) mass is 328 g/mol. The lowest BCUT2D eigenvalue weighted by Crippen LogP contribution is -2.47. The summed E-state index contributed by atoms with van der Waals surface area (Å²) in [6.45, 7) is 5.10. The summed E-state index contributed by atoms with van der Waals surface area (Å²) in [7, 11) is 1.39. The molecule has 0 aromatic rings. The van der Waals surface area contributed by atoms with Crippen molar-refractivity contribution in [3.8, 4) is 6.19 Å². The van der Waals surface area contributed by atoms with Crippen molar-refractivity contribution in [1.29, 1.82) is 5.26 Å². The molecule has 130 valence electrons. The molecule has 0 radical (unpaired) electrons. The van der Waals surface area contributed by atoms with E-state index >= 15 is 0 Å². The number of carbonyl (C=O) groups excluding carboxylic acids is 2. The normalized spacial score (nSPS) is 10.4. The molecule has 0 unspecified atom stereocenters. The maximum atomic E-state index is 11.5. The number of unbranched alkanes of at least 4 members (excludes halogenated alkanes) is 2. The van der Waals surface area contributed by atoms with Crippen molar-refractivity contribution in [1.82, 2.24) is 15.3 Å². The topological polar surface area (TPSA) is 123 Å². The van der Waals surface area contributed by atoms with Gasteiger partial charge < -0.3 is 9.84 Å². The third-order valence-corrected chi connectivity index (χ3v) is 2.65. The molecule has 0 aliphatic rings. The molecule has 23 heavy (non-hydrogen) atoms. The van der Waals surface area contributed by atoms with Crippen LogP contribution >= 0.6 is 0 Å². The van der Waals surface area contributed by atoms with Crippen LogP contribution in [0.1, 0.15) is 46.5 Å². The standard InChI is InChI=1S/C14H24N4O5/c1-14(2,3)23-12(20)16-18(13(21)22)9-7-5-6-8-11(19)17(4)10-15/h5-9H2,1-4H3,(H,16,20)(H,21,22). The van der Waals surface area contributed by atoms with Crippen LogP contribution < -0.4 is 5.43 Å².